The van der Waals surface area contributed by atoms with Gasteiger partial charge in [0.2, 0.25) is 6.10 Å². The largest absolute Gasteiger partial charge is 0.478 e. The zero-order chi connectivity index (χ0) is 14.4. The van der Waals surface area contributed by atoms with Crippen molar-refractivity contribution < 1.29 is 19.2 Å². The molecule has 104 valence electrons. The molecule has 0 spiro atoms. The molecule has 0 aliphatic carbocycles. The van der Waals surface area contributed by atoms with Gasteiger partial charge in [0.05, 0.1) is 11.5 Å². The third kappa shape index (κ3) is 3.90. The highest BCUT2D eigenvalue weighted by atomic mass is 16.6. The molecule has 1 aromatic rings. The number of carbonyl (C=O) groups excluding carboxylic acids is 1. The van der Waals surface area contributed by atoms with Crippen molar-refractivity contribution in [2.24, 2.45) is 5.84 Å². The molecule has 0 bridgehead atoms. The number of carbonyl (C=O) groups is 1. The van der Waals surface area contributed by atoms with E-state index in [2.05, 4.69) is 0 Å². The van der Waals surface area contributed by atoms with Crippen molar-refractivity contribution in [1.82, 2.24) is 5.43 Å². The molecule has 0 saturated carbocycles. The van der Waals surface area contributed by atoms with Crippen molar-refractivity contribution in [2.75, 3.05) is 13.7 Å². The first-order valence-corrected chi connectivity index (χ1v) is 5.40. The molecule has 1 rings (SSSR count). The van der Waals surface area contributed by atoms with Crippen LogP contribution in [0.3, 0.4) is 0 Å². The van der Waals surface area contributed by atoms with Crippen LogP contribution in [0, 0.1) is 17.0 Å². The number of nitro benzene ring substituents is 1. The number of benzene rings is 1. The summed E-state index contributed by atoms with van der Waals surface area (Å²) in [6.45, 7) is 1.60. The fraction of sp³-hybridized carbons (Fsp3) is 0.364. The summed E-state index contributed by atoms with van der Waals surface area (Å²) >= 11 is 0. The van der Waals surface area contributed by atoms with Gasteiger partial charge in [0.1, 0.15) is 5.75 Å². The van der Waals surface area contributed by atoms with E-state index in [1.165, 1.54) is 25.3 Å². The van der Waals surface area contributed by atoms with Crippen molar-refractivity contribution in [1.29, 1.82) is 0 Å². The van der Waals surface area contributed by atoms with E-state index in [1.807, 2.05) is 5.43 Å². The highest BCUT2D eigenvalue weighted by Crippen LogP contribution is 2.23. The van der Waals surface area contributed by atoms with Crippen molar-refractivity contribution in [3.05, 3.63) is 33.9 Å². The van der Waals surface area contributed by atoms with Gasteiger partial charge in [-0.1, -0.05) is 0 Å². The van der Waals surface area contributed by atoms with E-state index >= 15 is 0 Å². The van der Waals surface area contributed by atoms with Gasteiger partial charge in [-0.05, 0) is 19.1 Å². The summed E-state index contributed by atoms with van der Waals surface area (Å²) in [5.41, 5.74) is 2.38. The number of ether oxygens (including phenoxy) is 2. The Kier molecular flexibility index (Phi) is 5.22. The highest BCUT2D eigenvalue weighted by molar-refractivity contribution is 5.80. The van der Waals surface area contributed by atoms with E-state index in [0.717, 1.165) is 0 Å². The Morgan fingerprint density at radius 2 is 2.26 bits per heavy atom. The van der Waals surface area contributed by atoms with Gasteiger partial charge in [0, 0.05) is 18.7 Å². The van der Waals surface area contributed by atoms with Crippen molar-refractivity contribution in [2.45, 2.75) is 13.0 Å². The zero-order valence-electron chi connectivity index (χ0n) is 10.6. The van der Waals surface area contributed by atoms with Crippen molar-refractivity contribution >= 4 is 11.6 Å². The number of rotatable bonds is 6. The van der Waals surface area contributed by atoms with Crippen LogP contribution >= 0.6 is 0 Å². The fourth-order valence-electron chi connectivity index (χ4n) is 1.48. The average Bonchev–Trinajstić information content (AvgIpc) is 2.37. The smallest absolute Gasteiger partial charge is 0.277 e. The minimum absolute atomic E-state index is 0.0130. The van der Waals surface area contributed by atoms with Crippen LogP contribution in [-0.4, -0.2) is 30.7 Å². The molecule has 1 atom stereocenters. The molecule has 0 fully saturated rings. The summed E-state index contributed by atoms with van der Waals surface area (Å²) < 4.78 is 10.2. The minimum Gasteiger partial charge on any atom is -0.478 e. The molecule has 0 radical (unpaired) electrons. The van der Waals surface area contributed by atoms with Crippen molar-refractivity contribution in [3.8, 4) is 5.75 Å². The van der Waals surface area contributed by atoms with Crippen LogP contribution in [0.1, 0.15) is 5.56 Å². The lowest BCUT2D eigenvalue weighted by atomic mass is 10.2. The number of aryl methyl sites for hydroxylation is 1. The highest BCUT2D eigenvalue weighted by Gasteiger charge is 2.20. The minimum atomic E-state index is -0.921. The second kappa shape index (κ2) is 6.66. The molecule has 8 nitrogen and oxygen atoms in total. The van der Waals surface area contributed by atoms with E-state index in [-0.39, 0.29) is 12.3 Å². The molecule has 0 heterocycles. The third-order valence-corrected chi connectivity index (χ3v) is 2.40. The first kappa shape index (κ1) is 14.9. The molecule has 19 heavy (non-hydrogen) atoms. The monoisotopic (exact) mass is 269 g/mol. The average molecular weight is 269 g/mol. The maximum atomic E-state index is 11.4. The van der Waals surface area contributed by atoms with Crippen LogP contribution < -0.4 is 16.0 Å². The van der Waals surface area contributed by atoms with Gasteiger partial charge in [-0.25, -0.2) is 5.84 Å². The van der Waals surface area contributed by atoms with Gasteiger partial charge in [-0.2, -0.15) is 0 Å². The van der Waals surface area contributed by atoms with E-state index < -0.39 is 16.9 Å². The summed E-state index contributed by atoms with van der Waals surface area (Å²) in [5.74, 6) is 4.81. The molecular weight excluding hydrogens is 254 g/mol. The van der Waals surface area contributed by atoms with E-state index in [0.29, 0.717) is 11.3 Å². The van der Waals surface area contributed by atoms with Gasteiger partial charge in [0.15, 0.2) is 0 Å². The Labute approximate surface area is 109 Å². The predicted molar refractivity (Wildman–Crippen MR) is 66.5 cm³/mol. The van der Waals surface area contributed by atoms with Crippen LogP contribution in [0.25, 0.3) is 0 Å². The fourth-order valence-corrected chi connectivity index (χ4v) is 1.48. The maximum Gasteiger partial charge on any atom is 0.277 e. The second-order valence-corrected chi connectivity index (χ2v) is 3.78. The molecule has 0 aliphatic rings. The quantitative estimate of drug-likeness (QED) is 0.332. The van der Waals surface area contributed by atoms with E-state index in [9.17, 15) is 14.9 Å². The van der Waals surface area contributed by atoms with Gasteiger partial charge in [0.25, 0.3) is 11.6 Å². The Morgan fingerprint density at radius 3 is 2.74 bits per heavy atom. The van der Waals surface area contributed by atoms with Crippen LogP contribution in [0.5, 0.6) is 5.75 Å². The third-order valence-electron chi connectivity index (χ3n) is 2.40. The Morgan fingerprint density at radius 1 is 1.58 bits per heavy atom. The van der Waals surface area contributed by atoms with Gasteiger partial charge < -0.3 is 9.47 Å². The Balaban J connectivity index is 2.88. The van der Waals surface area contributed by atoms with Crippen LogP contribution in [-0.2, 0) is 9.53 Å². The number of hydrogen-bond acceptors (Lipinski definition) is 6. The van der Waals surface area contributed by atoms with Gasteiger partial charge >= 0.3 is 0 Å². The first-order chi connectivity index (χ1) is 8.99. The molecule has 1 amide bonds. The SMILES string of the molecule is COCC(Oc1ccc([N+](=O)[O-])c(C)c1)C(=O)NN. The second-order valence-electron chi connectivity index (χ2n) is 3.78. The summed E-state index contributed by atoms with van der Waals surface area (Å²) in [6.07, 6.45) is -0.921. The number of nitrogens with zero attached hydrogens (tertiary/aromatic N) is 1. The molecule has 8 heteroatoms. The molecule has 0 aliphatic heterocycles. The molecule has 1 aromatic carbocycles. The lowest BCUT2D eigenvalue weighted by Crippen LogP contribution is -2.44. The molecule has 1 unspecified atom stereocenters. The van der Waals surface area contributed by atoms with Gasteiger partial charge in [-0.3, -0.25) is 20.3 Å². The lowest BCUT2D eigenvalue weighted by molar-refractivity contribution is -0.385. The standard InChI is InChI=1S/C11H15N3O5/c1-7-5-8(3-4-9(7)14(16)17)19-10(6-18-2)11(15)13-12/h3-5,10H,6,12H2,1-2H3,(H,13,15). The number of amides is 1. The maximum absolute atomic E-state index is 11.4. The molecule has 0 aromatic heterocycles. The number of nitrogens with two attached hydrogens (primary N) is 1. The zero-order valence-corrected chi connectivity index (χ0v) is 10.6. The van der Waals surface area contributed by atoms with E-state index in [1.54, 1.807) is 6.92 Å². The van der Waals surface area contributed by atoms with Crippen LogP contribution in [0.15, 0.2) is 18.2 Å². The van der Waals surface area contributed by atoms with Gasteiger partial charge in [-0.15, -0.1) is 0 Å². The summed E-state index contributed by atoms with van der Waals surface area (Å²) in [4.78, 5) is 21.6. The molecule has 3 N–H and O–H groups in total. The summed E-state index contributed by atoms with van der Waals surface area (Å²) in [5, 5.41) is 10.7. The lowest BCUT2D eigenvalue weighted by Gasteiger charge is -2.16. The van der Waals surface area contributed by atoms with Crippen molar-refractivity contribution in [3.63, 3.8) is 0 Å². The Hall–Kier alpha value is -2.19. The molecular formula is C11H15N3O5. The first-order valence-electron chi connectivity index (χ1n) is 5.40. The summed E-state index contributed by atoms with van der Waals surface area (Å²) in [6, 6.07) is 4.21. The topological polar surface area (TPSA) is 117 Å². The van der Waals surface area contributed by atoms with Crippen LogP contribution in [0.2, 0.25) is 0 Å². The number of hydrogen-bond donors (Lipinski definition) is 2. The predicted octanol–water partition coefficient (Wildman–Crippen LogP) is 0.287. The number of methoxy groups -OCH3 is 1. The van der Waals surface area contributed by atoms with Crippen LogP contribution in [0.4, 0.5) is 5.69 Å². The number of nitrogens with one attached hydrogen (secondary N) is 1. The molecule has 0 saturated heterocycles. The number of nitro groups is 1. The number of hydrazine groups is 1. The van der Waals surface area contributed by atoms with E-state index in [4.69, 9.17) is 15.3 Å². The normalized spacial score (nSPS) is 11.7. The Bertz CT molecular complexity index is 477. The summed E-state index contributed by atoms with van der Waals surface area (Å²) in [7, 11) is 1.42.